The molecule has 0 amide bonds. The van der Waals surface area contributed by atoms with E-state index in [0.717, 1.165) is 37.1 Å². The minimum atomic E-state index is -0.254. The van der Waals surface area contributed by atoms with E-state index in [0.29, 0.717) is 11.7 Å². The maximum absolute atomic E-state index is 12.9. The first-order valence-corrected chi connectivity index (χ1v) is 7.58. The molecule has 1 aromatic rings. The van der Waals surface area contributed by atoms with Gasteiger partial charge in [-0.1, -0.05) is 19.1 Å². The summed E-state index contributed by atoms with van der Waals surface area (Å²) in [4.78, 5) is 0. The van der Waals surface area contributed by atoms with Gasteiger partial charge in [-0.15, -0.1) is 0 Å². The van der Waals surface area contributed by atoms with Crippen molar-refractivity contribution in [3.63, 3.8) is 0 Å². The highest BCUT2D eigenvalue weighted by atomic mass is 32.1. The highest BCUT2D eigenvalue weighted by Crippen LogP contribution is 2.10. The van der Waals surface area contributed by atoms with Crippen molar-refractivity contribution in [1.82, 2.24) is 10.7 Å². The van der Waals surface area contributed by atoms with Crippen LogP contribution in [0.25, 0.3) is 0 Å². The van der Waals surface area contributed by atoms with E-state index in [-0.39, 0.29) is 11.9 Å². The van der Waals surface area contributed by atoms with Crippen molar-refractivity contribution in [2.75, 3.05) is 13.2 Å². The third-order valence-electron chi connectivity index (χ3n) is 3.32. The molecule has 1 aliphatic heterocycles. The smallest absolute Gasteiger partial charge is 0.187 e. The van der Waals surface area contributed by atoms with Gasteiger partial charge < -0.3 is 10.1 Å². The lowest BCUT2D eigenvalue weighted by atomic mass is 10.1. The Morgan fingerprint density at radius 2 is 2.19 bits per heavy atom. The molecule has 0 spiro atoms. The Morgan fingerprint density at radius 1 is 1.43 bits per heavy atom. The van der Waals surface area contributed by atoms with Crippen molar-refractivity contribution < 1.29 is 9.13 Å². The molecule has 1 atom stereocenters. The quantitative estimate of drug-likeness (QED) is 0.498. The number of hydrazone groups is 1. The van der Waals surface area contributed by atoms with Gasteiger partial charge in [-0.2, -0.15) is 5.10 Å². The summed E-state index contributed by atoms with van der Waals surface area (Å²) in [5, 5.41) is 7.85. The third kappa shape index (κ3) is 5.06. The van der Waals surface area contributed by atoms with E-state index in [9.17, 15) is 4.39 Å². The van der Waals surface area contributed by atoms with Crippen molar-refractivity contribution in [3.8, 4) is 0 Å². The van der Waals surface area contributed by atoms with Gasteiger partial charge in [0, 0.05) is 13.2 Å². The first kappa shape index (κ1) is 15.9. The molecule has 0 radical (unpaired) electrons. The van der Waals surface area contributed by atoms with Gasteiger partial charge in [0.15, 0.2) is 5.11 Å². The number of hydrogen-bond acceptors (Lipinski definition) is 3. The predicted molar refractivity (Wildman–Crippen MR) is 85.9 cm³/mol. The maximum Gasteiger partial charge on any atom is 0.187 e. The van der Waals surface area contributed by atoms with Crippen LogP contribution in [0.2, 0.25) is 0 Å². The molecular weight excluding hydrogens is 289 g/mol. The van der Waals surface area contributed by atoms with Crippen LogP contribution in [0.5, 0.6) is 0 Å². The van der Waals surface area contributed by atoms with Crippen molar-refractivity contribution in [1.29, 1.82) is 0 Å². The van der Waals surface area contributed by atoms with E-state index < -0.39 is 0 Å². The van der Waals surface area contributed by atoms with Crippen LogP contribution in [-0.4, -0.2) is 30.1 Å². The van der Waals surface area contributed by atoms with Crippen LogP contribution in [0.15, 0.2) is 29.4 Å². The van der Waals surface area contributed by atoms with Gasteiger partial charge in [-0.25, -0.2) is 4.39 Å². The normalized spacial score (nSPS) is 18.6. The van der Waals surface area contributed by atoms with Crippen LogP contribution in [-0.2, 0) is 4.74 Å². The molecule has 0 saturated carbocycles. The van der Waals surface area contributed by atoms with Crippen LogP contribution in [0, 0.1) is 5.82 Å². The topological polar surface area (TPSA) is 45.7 Å². The van der Waals surface area contributed by atoms with Crippen molar-refractivity contribution in [2.45, 2.75) is 32.3 Å². The Morgan fingerprint density at radius 3 is 2.81 bits per heavy atom. The SMILES string of the molecule is CC/C(=N/NC(=S)NC[C@@H]1CCCO1)c1ccc(F)cc1. The molecule has 0 unspecified atom stereocenters. The van der Waals surface area contributed by atoms with Crippen molar-refractivity contribution >= 4 is 23.0 Å². The predicted octanol–water partition coefficient (Wildman–Crippen LogP) is 2.58. The largest absolute Gasteiger partial charge is 0.376 e. The van der Waals surface area contributed by atoms with Crippen LogP contribution in [0.3, 0.4) is 0 Å². The van der Waals surface area contributed by atoms with E-state index in [1.165, 1.54) is 12.1 Å². The lowest BCUT2D eigenvalue weighted by Gasteiger charge is -2.12. The minimum absolute atomic E-state index is 0.233. The molecule has 4 nitrogen and oxygen atoms in total. The molecule has 1 fully saturated rings. The van der Waals surface area contributed by atoms with Crippen LogP contribution >= 0.6 is 12.2 Å². The van der Waals surface area contributed by atoms with E-state index in [1.807, 2.05) is 6.92 Å². The Balaban J connectivity index is 1.84. The molecule has 2 N–H and O–H groups in total. The van der Waals surface area contributed by atoms with Crippen molar-refractivity contribution in [3.05, 3.63) is 35.6 Å². The zero-order chi connectivity index (χ0) is 15.1. The number of halogens is 1. The Hall–Kier alpha value is -1.53. The molecular formula is C15H20FN3OS. The summed E-state index contributed by atoms with van der Waals surface area (Å²) < 4.78 is 18.4. The van der Waals surface area contributed by atoms with E-state index in [4.69, 9.17) is 17.0 Å². The highest BCUT2D eigenvalue weighted by Gasteiger charge is 2.15. The van der Waals surface area contributed by atoms with Gasteiger partial charge in [-0.05, 0) is 49.2 Å². The highest BCUT2D eigenvalue weighted by molar-refractivity contribution is 7.80. The number of rotatable bonds is 5. The summed E-state index contributed by atoms with van der Waals surface area (Å²) in [6.07, 6.45) is 3.13. The molecule has 0 bridgehead atoms. The lowest BCUT2D eigenvalue weighted by molar-refractivity contribution is 0.114. The summed E-state index contributed by atoms with van der Waals surface area (Å²) in [6.45, 7) is 3.52. The molecule has 1 aromatic carbocycles. The number of benzene rings is 1. The number of ether oxygens (including phenoxy) is 1. The Bertz CT molecular complexity index is 498. The van der Waals surface area contributed by atoms with Crippen molar-refractivity contribution in [2.24, 2.45) is 5.10 Å². The molecule has 114 valence electrons. The second-order valence-electron chi connectivity index (χ2n) is 4.88. The molecule has 1 aliphatic rings. The van der Waals surface area contributed by atoms with Gasteiger partial charge in [0.1, 0.15) is 5.82 Å². The Kier molecular flexibility index (Phi) is 6.07. The molecule has 21 heavy (non-hydrogen) atoms. The van der Waals surface area contributed by atoms with Gasteiger partial charge in [0.05, 0.1) is 11.8 Å². The summed E-state index contributed by atoms with van der Waals surface area (Å²) in [5.74, 6) is -0.254. The standard InChI is InChI=1S/C15H20FN3OS/c1-2-14(11-5-7-12(16)8-6-11)18-19-15(21)17-10-13-4-3-9-20-13/h5-8,13H,2-4,9-10H2,1H3,(H2,17,19,21)/b18-14-/t13-/m0/s1. The van der Waals surface area contributed by atoms with E-state index >= 15 is 0 Å². The lowest BCUT2D eigenvalue weighted by Crippen LogP contribution is -2.37. The summed E-state index contributed by atoms with van der Waals surface area (Å²) in [5.41, 5.74) is 4.54. The third-order valence-corrected chi connectivity index (χ3v) is 3.55. The molecule has 2 rings (SSSR count). The second-order valence-corrected chi connectivity index (χ2v) is 5.28. The molecule has 0 aliphatic carbocycles. The molecule has 0 aromatic heterocycles. The van der Waals surface area contributed by atoms with E-state index in [2.05, 4.69) is 15.8 Å². The zero-order valence-corrected chi connectivity index (χ0v) is 12.9. The fourth-order valence-corrected chi connectivity index (χ4v) is 2.29. The molecule has 6 heteroatoms. The monoisotopic (exact) mass is 309 g/mol. The van der Waals surface area contributed by atoms with Crippen LogP contribution in [0.4, 0.5) is 4.39 Å². The average Bonchev–Trinajstić information content (AvgIpc) is 3.01. The minimum Gasteiger partial charge on any atom is -0.376 e. The van der Waals surface area contributed by atoms with Gasteiger partial charge in [0.25, 0.3) is 0 Å². The fourth-order valence-electron chi connectivity index (χ4n) is 2.16. The molecule has 1 saturated heterocycles. The first-order chi connectivity index (χ1) is 10.2. The fraction of sp³-hybridized carbons (Fsp3) is 0.467. The first-order valence-electron chi connectivity index (χ1n) is 7.17. The van der Waals surface area contributed by atoms with Gasteiger partial charge >= 0.3 is 0 Å². The number of thiocarbonyl (C=S) groups is 1. The number of nitrogens with zero attached hydrogens (tertiary/aromatic N) is 1. The van der Waals surface area contributed by atoms with Gasteiger partial charge in [0.2, 0.25) is 0 Å². The van der Waals surface area contributed by atoms with Crippen LogP contribution < -0.4 is 10.7 Å². The summed E-state index contributed by atoms with van der Waals surface area (Å²) >= 11 is 5.18. The second kappa shape index (κ2) is 8.05. The maximum atomic E-state index is 12.9. The average molecular weight is 309 g/mol. The van der Waals surface area contributed by atoms with Crippen LogP contribution in [0.1, 0.15) is 31.7 Å². The zero-order valence-electron chi connectivity index (χ0n) is 12.1. The summed E-state index contributed by atoms with van der Waals surface area (Å²) in [7, 11) is 0. The number of nitrogens with one attached hydrogen (secondary N) is 2. The Labute approximate surface area is 129 Å². The van der Waals surface area contributed by atoms with Gasteiger partial charge in [-0.3, -0.25) is 5.43 Å². The molecule has 1 heterocycles. The number of hydrogen-bond donors (Lipinski definition) is 2. The van der Waals surface area contributed by atoms with E-state index in [1.54, 1.807) is 12.1 Å². The summed E-state index contributed by atoms with van der Waals surface area (Å²) in [6, 6.07) is 6.27.